The number of ketones is 1. The van der Waals surface area contributed by atoms with Gasteiger partial charge in [-0.25, -0.2) is 0 Å². The summed E-state index contributed by atoms with van der Waals surface area (Å²) < 4.78 is 0. The van der Waals surface area contributed by atoms with Crippen LogP contribution in [0.25, 0.3) is 0 Å². The zero-order valence-electron chi connectivity index (χ0n) is 11.9. The Balaban J connectivity index is 2.25. The van der Waals surface area contributed by atoms with Crippen molar-refractivity contribution >= 4 is 5.78 Å². The van der Waals surface area contributed by atoms with Crippen molar-refractivity contribution in [2.75, 3.05) is 0 Å². The minimum absolute atomic E-state index is 0.103. The fraction of sp³-hybridized carbons (Fsp3) is 0.278. The number of aryl methyl sites for hydroxylation is 3. The van der Waals surface area contributed by atoms with Crippen molar-refractivity contribution < 1.29 is 4.79 Å². The summed E-state index contributed by atoms with van der Waals surface area (Å²) in [7, 11) is 0. The van der Waals surface area contributed by atoms with Crippen LogP contribution in [0.15, 0.2) is 42.5 Å². The van der Waals surface area contributed by atoms with Crippen molar-refractivity contribution in [1.29, 1.82) is 0 Å². The van der Waals surface area contributed by atoms with Crippen molar-refractivity contribution in [2.45, 2.75) is 33.6 Å². The van der Waals surface area contributed by atoms with Crippen molar-refractivity contribution in [3.8, 4) is 0 Å². The van der Waals surface area contributed by atoms with Crippen molar-refractivity contribution in [2.24, 2.45) is 0 Å². The fourth-order valence-corrected chi connectivity index (χ4v) is 2.16. The van der Waals surface area contributed by atoms with Crippen LogP contribution in [0.3, 0.4) is 0 Å². The highest BCUT2D eigenvalue weighted by atomic mass is 16.1. The molecule has 2 aromatic rings. The molecule has 0 aliphatic rings. The second-order valence-electron chi connectivity index (χ2n) is 5.08. The Morgan fingerprint density at radius 1 is 0.895 bits per heavy atom. The highest BCUT2D eigenvalue weighted by Crippen LogP contribution is 2.15. The van der Waals surface area contributed by atoms with E-state index >= 15 is 0 Å². The molecule has 0 saturated carbocycles. The van der Waals surface area contributed by atoms with Crippen LogP contribution in [0.1, 0.15) is 46.0 Å². The first-order chi connectivity index (χ1) is 9.11. The molecule has 1 nitrogen and oxygen atoms in total. The third-order valence-corrected chi connectivity index (χ3v) is 3.52. The smallest absolute Gasteiger partial charge is 0.193 e. The molecule has 0 fully saturated rings. The van der Waals surface area contributed by atoms with Gasteiger partial charge in [0.05, 0.1) is 0 Å². The van der Waals surface area contributed by atoms with Gasteiger partial charge in [-0.05, 0) is 43.0 Å². The number of hydrogen-bond donors (Lipinski definition) is 0. The Morgan fingerprint density at radius 3 is 2.11 bits per heavy atom. The lowest BCUT2D eigenvalue weighted by molar-refractivity contribution is 0.103. The van der Waals surface area contributed by atoms with Crippen LogP contribution in [0.5, 0.6) is 0 Å². The standard InChI is InChI=1S/C18H20O/c1-4-5-15-7-10-16(11-8-15)18(19)17-9-6-13(2)14(3)12-17/h6-12H,4-5H2,1-3H3. The SMILES string of the molecule is CCCc1ccc(C(=O)c2ccc(C)c(C)c2)cc1. The van der Waals surface area contributed by atoms with Crippen molar-refractivity contribution in [1.82, 2.24) is 0 Å². The number of carbonyl (C=O) groups is 1. The average Bonchev–Trinajstić information content (AvgIpc) is 2.42. The third-order valence-electron chi connectivity index (χ3n) is 3.52. The van der Waals surface area contributed by atoms with Gasteiger partial charge >= 0.3 is 0 Å². The Bertz CT molecular complexity index is 579. The predicted molar refractivity (Wildman–Crippen MR) is 79.8 cm³/mol. The quantitative estimate of drug-likeness (QED) is 0.733. The van der Waals surface area contributed by atoms with E-state index in [1.807, 2.05) is 37.3 Å². The summed E-state index contributed by atoms with van der Waals surface area (Å²) in [6.45, 7) is 6.26. The maximum atomic E-state index is 12.4. The molecule has 2 aromatic carbocycles. The van der Waals surface area contributed by atoms with Crippen molar-refractivity contribution in [3.63, 3.8) is 0 Å². The molecule has 1 heteroatoms. The second-order valence-corrected chi connectivity index (χ2v) is 5.08. The van der Waals surface area contributed by atoms with Crippen molar-refractivity contribution in [3.05, 3.63) is 70.3 Å². The molecule has 0 atom stereocenters. The van der Waals surface area contributed by atoms with Gasteiger partial charge in [0, 0.05) is 11.1 Å². The molecule has 0 unspecified atom stereocenters. The van der Waals surface area contributed by atoms with E-state index in [0.717, 1.165) is 29.5 Å². The first-order valence-corrected chi connectivity index (χ1v) is 6.82. The maximum Gasteiger partial charge on any atom is 0.193 e. The lowest BCUT2D eigenvalue weighted by atomic mass is 9.98. The van der Waals surface area contributed by atoms with Gasteiger partial charge in [-0.15, -0.1) is 0 Å². The van der Waals surface area contributed by atoms with E-state index in [-0.39, 0.29) is 5.78 Å². The Hall–Kier alpha value is -1.89. The van der Waals surface area contributed by atoms with Gasteiger partial charge in [0.2, 0.25) is 0 Å². The molecule has 0 amide bonds. The van der Waals surface area contributed by atoms with Crippen LogP contribution < -0.4 is 0 Å². The highest BCUT2D eigenvalue weighted by Gasteiger charge is 2.09. The van der Waals surface area contributed by atoms with Gasteiger partial charge in [-0.2, -0.15) is 0 Å². The molecule has 0 aliphatic heterocycles. The summed E-state index contributed by atoms with van der Waals surface area (Å²) in [5.41, 5.74) is 5.21. The monoisotopic (exact) mass is 252 g/mol. The van der Waals surface area contributed by atoms with E-state index in [9.17, 15) is 4.79 Å². The molecule has 0 N–H and O–H groups in total. The lowest BCUT2D eigenvalue weighted by Crippen LogP contribution is -2.02. The number of hydrogen-bond acceptors (Lipinski definition) is 1. The predicted octanol–water partition coefficient (Wildman–Crippen LogP) is 4.49. The molecular formula is C18H20O. The summed E-state index contributed by atoms with van der Waals surface area (Å²) in [4.78, 5) is 12.4. The number of benzene rings is 2. The molecule has 0 aliphatic carbocycles. The molecule has 0 radical (unpaired) electrons. The molecule has 2 rings (SSSR count). The molecule has 0 saturated heterocycles. The number of carbonyl (C=O) groups excluding carboxylic acids is 1. The average molecular weight is 252 g/mol. The van der Waals surface area contributed by atoms with Crippen LogP contribution in [-0.4, -0.2) is 5.78 Å². The van der Waals surface area contributed by atoms with E-state index < -0.39 is 0 Å². The van der Waals surface area contributed by atoms with Gasteiger partial charge in [0.25, 0.3) is 0 Å². The summed E-state index contributed by atoms with van der Waals surface area (Å²) in [5.74, 6) is 0.103. The minimum Gasteiger partial charge on any atom is -0.289 e. The molecule has 19 heavy (non-hydrogen) atoms. The molecule has 0 aromatic heterocycles. The zero-order valence-corrected chi connectivity index (χ0v) is 11.9. The molecule has 0 bridgehead atoms. The first-order valence-electron chi connectivity index (χ1n) is 6.82. The molecule has 98 valence electrons. The Morgan fingerprint density at radius 2 is 1.53 bits per heavy atom. The first kappa shape index (κ1) is 13.5. The summed E-state index contributed by atoms with van der Waals surface area (Å²) in [5, 5.41) is 0. The highest BCUT2D eigenvalue weighted by molar-refractivity contribution is 6.09. The van der Waals surface area contributed by atoms with Gasteiger partial charge in [0.15, 0.2) is 5.78 Å². The Labute approximate surface area is 115 Å². The summed E-state index contributed by atoms with van der Waals surface area (Å²) in [6.07, 6.45) is 2.20. The van der Waals surface area contributed by atoms with Crippen LogP contribution in [0, 0.1) is 13.8 Å². The topological polar surface area (TPSA) is 17.1 Å². The van der Waals surface area contributed by atoms with E-state index in [1.165, 1.54) is 11.1 Å². The fourth-order valence-electron chi connectivity index (χ4n) is 2.16. The van der Waals surface area contributed by atoms with Crippen LogP contribution >= 0.6 is 0 Å². The van der Waals surface area contributed by atoms with Crippen LogP contribution in [0.4, 0.5) is 0 Å². The Kier molecular flexibility index (Phi) is 4.16. The molecule has 0 spiro atoms. The summed E-state index contributed by atoms with van der Waals surface area (Å²) in [6, 6.07) is 13.9. The number of rotatable bonds is 4. The summed E-state index contributed by atoms with van der Waals surface area (Å²) >= 11 is 0. The van der Waals surface area contributed by atoms with Crippen LogP contribution in [0.2, 0.25) is 0 Å². The molecular weight excluding hydrogens is 232 g/mol. The van der Waals surface area contributed by atoms with Crippen LogP contribution in [-0.2, 0) is 6.42 Å². The van der Waals surface area contributed by atoms with E-state index in [0.29, 0.717) is 0 Å². The van der Waals surface area contributed by atoms with Gasteiger partial charge in [0.1, 0.15) is 0 Å². The second kappa shape index (κ2) is 5.83. The maximum absolute atomic E-state index is 12.4. The van der Waals surface area contributed by atoms with Gasteiger partial charge < -0.3 is 0 Å². The molecule has 0 heterocycles. The van der Waals surface area contributed by atoms with E-state index in [2.05, 4.69) is 26.0 Å². The van der Waals surface area contributed by atoms with Gasteiger partial charge in [-0.1, -0.05) is 49.7 Å². The third kappa shape index (κ3) is 3.11. The zero-order chi connectivity index (χ0) is 13.8. The lowest BCUT2D eigenvalue weighted by Gasteiger charge is -2.06. The normalized spacial score (nSPS) is 10.5. The largest absolute Gasteiger partial charge is 0.289 e. The van der Waals surface area contributed by atoms with E-state index in [1.54, 1.807) is 0 Å². The van der Waals surface area contributed by atoms with Gasteiger partial charge in [-0.3, -0.25) is 4.79 Å². The van der Waals surface area contributed by atoms with E-state index in [4.69, 9.17) is 0 Å². The minimum atomic E-state index is 0.103.